The maximum Gasteiger partial charge on any atom is 0.312 e. The molecule has 0 radical (unpaired) electrons. The van der Waals surface area contributed by atoms with E-state index in [-0.39, 0.29) is 11.4 Å². The van der Waals surface area contributed by atoms with Crippen molar-refractivity contribution in [2.45, 2.75) is 19.3 Å². The smallest absolute Gasteiger partial charge is 0.312 e. The first-order valence-electron chi connectivity index (χ1n) is 4.67. The predicted octanol–water partition coefficient (Wildman–Crippen LogP) is 1.52. The summed E-state index contributed by atoms with van der Waals surface area (Å²) >= 11 is 0. The standard InChI is InChI=1S/C10H12O2/c11-9-10(3-4-12-9)6-7-1-2-8(10)5-7/h1-2,7-8H,3-6H2/t7-,8?,10?/m0/s1. The fourth-order valence-electron chi connectivity index (χ4n) is 3.05. The van der Waals surface area contributed by atoms with Crippen molar-refractivity contribution in [2.75, 3.05) is 6.61 Å². The van der Waals surface area contributed by atoms with Gasteiger partial charge >= 0.3 is 5.97 Å². The highest BCUT2D eigenvalue weighted by Gasteiger charge is 2.56. The highest BCUT2D eigenvalue weighted by molar-refractivity contribution is 5.80. The maximum atomic E-state index is 11.5. The van der Waals surface area contributed by atoms with Gasteiger partial charge in [0, 0.05) is 0 Å². The minimum Gasteiger partial charge on any atom is -0.465 e. The Morgan fingerprint density at radius 3 is 2.92 bits per heavy atom. The summed E-state index contributed by atoms with van der Waals surface area (Å²) in [5.41, 5.74) is -0.0839. The van der Waals surface area contributed by atoms with Crippen molar-refractivity contribution < 1.29 is 9.53 Å². The van der Waals surface area contributed by atoms with E-state index in [0.717, 1.165) is 12.8 Å². The monoisotopic (exact) mass is 164 g/mol. The number of ether oxygens (including phenoxy) is 1. The molecule has 1 aliphatic heterocycles. The quantitative estimate of drug-likeness (QED) is 0.401. The normalized spacial score (nSPS) is 49.2. The van der Waals surface area contributed by atoms with Gasteiger partial charge in [0.25, 0.3) is 0 Å². The van der Waals surface area contributed by atoms with Crippen molar-refractivity contribution in [3.8, 4) is 0 Å². The topological polar surface area (TPSA) is 26.3 Å². The molecule has 0 N–H and O–H groups in total. The van der Waals surface area contributed by atoms with Gasteiger partial charge in [-0.2, -0.15) is 0 Å². The van der Waals surface area contributed by atoms with E-state index in [1.165, 1.54) is 6.42 Å². The van der Waals surface area contributed by atoms with Crippen LogP contribution in [0.25, 0.3) is 0 Å². The van der Waals surface area contributed by atoms with Crippen molar-refractivity contribution in [2.24, 2.45) is 17.3 Å². The Morgan fingerprint density at radius 1 is 1.50 bits per heavy atom. The zero-order chi connectivity index (χ0) is 8.18. The molecule has 3 atom stereocenters. The van der Waals surface area contributed by atoms with Crippen molar-refractivity contribution in [3.05, 3.63) is 12.2 Å². The summed E-state index contributed by atoms with van der Waals surface area (Å²) in [6.45, 7) is 0.649. The van der Waals surface area contributed by atoms with E-state index >= 15 is 0 Å². The van der Waals surface area contributed by atoms with Crippen LogP contribution in [0, 0.1) is 17.3 Å². The number of fused-ring (bicyclic) bond motifs is 3. The molecule has 0 aromatic rings. The molecule has 1 saturated carbocycles. The number of esters is 1. The molecule has 3 rings (SSSR count). The molecule has 64 valence electrons. The Bertz CT molecular complexity index is 269. The van der Waals surface area contributed by atoms with Crippen molar-refractivity contribution in [1.82, 2.24) is 0 Å². The van der Waals surface area contributed by atoms with Crippen LogP contribution in [0.5, 0.6) is 0 Å². The summed E-state index contributed by atoms with van der Waals surface area (Å²) in [6.07, 6.45) is 7.68. The number of hydrogen-bond donors (Lipinski definition) is 0. The van der Waals surface area contributed by atoms with Crippen LogP contribution in [0.4, 0.5) is 0 Å². The lowest BCUT2D eigenvalue weighted by atomic mass is 9.75. The zero-order valence-electron chi connectivity index (χ0n) is 6.95. The predicted molar refractivity (Wildman–Crippen MR) is 43.4 cm³/mol. The fourth-order valence-corrected chi connectivity index (χ4v) is 3.05. The first kappa shape index (κ1) is 6.70. The highest BCUT2D eigenvalue weighted by atomic mass is 16.5. The molecule has 0 amide bonds. The molecule has 0 aromatic carbocycles. The van der Waals surface area contributed by atoms with Crippen LogP contribution in [0.15, 0.2) is 12.2 Å². The number of carbonyl (C=O) groups excluding carboxylic acids is 1. The molecule has 2 heteroatoms. The average Bonchev–Trinajstić information content (AvgIpc) is 2.69. The van der Waals surface area contributed by atoms with E-state index in [0.29, 0.717) is 18.4 Å². The van der Waals surface area contributed by atoms with Gasteiger partial charge in [-0.3, -0.25) is 4.79 Å². The SMILES string of the molecule is O=C1OCCC12C[C@H]1C=CC2C1. The second kappa shape index (κ2) is 1.93. The van der Waals surface area contributed by atoms with Gasteiger partial charge in [-0.05, 0) is 31.1 Å². The third-order valence-electron chi connectivity index (χ3n) is 3.70. The van der Waals surface area contributed by atoms with Crippen molar-refractivity contribution >= 4 is 5.97 Å². The number of carbonyl (C=O) groups is 1. The molecule has 2 nitrogen and oxygen atoms in total. The van der Waals surface area contributed by atoms with Crippen LogP contribution in [0.1, 0.15) is 19.3 Å². The largest absolute Gasteiger partial charge is 0.465 e. The van der Waals surface area contributed by atoms with E-state index in [9.17, 15) is 4.79 Å². The van der Waals surface area contributed by atoms with Crippen LogP contribution < -0.4 is 0 Å². The fraction of sp³-hybridized carbons (Fsp3) is 0.700. The van der Waals surface area contributed by atoms with Crippen LogP contribution in [0.3, 0.4) is 0 Å². The molecule has 0 aromatic heterocycles. The third-order valence-corrected chi connectivity index (χ3v) is 3.70. The Morgan fingerprint density at radius 2 is 2.42 bits per heavy atom. The minimum absolute atomic E-state index is 0.0688. The molecule has 2 bridgehead atoms. The first-order valence-corrected chi connectivity index (χ1v) is 4.67. The van der Waals surface area contributed by atoms with Gasteiger partial charge < -0.3 is 4.74 Å². The lowest BCUT2D eigenvalue weighted by Gasteiger charge is -2.25. The van der Waals surface area contributed by atoms with Gasteiger partial charge in [-0.1, -0.05) is 12.2 Å². The van der Waals surface area contributed by atoms with E-state index in [1.54, 1.807) is 0 Å². The molecular weight excluding hydrogens is 152 g/mol. The Labute approximate surface area is 71.6 Å². The first-order chi connectivity index (χ1) is 5.81. The van der Waals surface area contributed by atoms with Crippen molar-refractivity contribution in [3.63, 3.8) is 0 Å². The van der Waals surface area contributed by atoms with Crippen LogP contribution in [-0.2, 0) is 9.53 Å². The molecule has 2 aliphatic carbocycles. The average molecular weight is 164 g/mol. The Balaban J connectivity index is 2.02. The van der Waals surface area contributed by atoms with Gasteiger partial charge in [-0.25, -0.2) is 0 Å². The minimum atomic E-state index is -0.0839. The Kier molecular flexibility index (Phi) is 1.07. The highest BCUT2D eigenvalue weighted by Crippen LogP contribution is 2.56. The number of rotatable bonds is 0. The van der Waals surface area contributed by atoms with E-state index < -0.39 is 0 Å². The van der Waals surface area contributed by atoms with Crippen LogP contribution in [0.2, 0.25) is 0 Å². The van der Waals surface area contributed by atoms with E-state index in [2.05, 4.69) is 12.2 Å². The molecular formula is C10H12O2. The molecule has 2 fully saturated rings. The molecule has 12 heavy (non-hydrogen) atoms. The lowest BCUT2D eigenvalue weighted by molar-refractivity contribution is -0.147. The number of hydrogen-bond acceptors (Lipinski definition) is 2. The second-order valence-corrected chi connectivity index (χ2v) is 4.23. The Hall–Kier alpha value is -0.790. The molecule has 1 heterocycles. The van der Waals surface area contributed by atoms with Gasteiger partial charge in [0.1, 0.15) is 0 Å². The van der Waals surface area contributed by atoms with E-state index in [1.807, 2.05) is 0 Å². The van der Waals surface area contributed by atoms with Gasteiger partial charge in [-0.15, -0.1) is 0 Å². The van der Waals surface area contributed by atoms with Crippen LogP contribution in [-0.4, -0.2) is 12.6 Å². The molecule has 3 aliphatic rings. The summed E-state index contributed by atoms with van der Waals surface area (Å²) in [5.74, 6) is 1.23. The summed E-state index contributed by atoms with van der Waals surface area (Å²) < 4.78 is 5.07. The molecule has 1 spiro atoms. The van der Waals surface area contributed by atoms with Crippen molar-refractivity contribution in [1.29, 1.82) is 0 Å². The molecule has 2 unspecified atom stereocenters. The zero-order valence-corrected chi connectivity index (χ0v) is 6.95. The maximum absolute atomic E-state index is 11.5. The summed E-state index contributed by atoms with van der Waals surface area (Å²) in [7, 11) is 0. The van der Waals surface area contributed by atoms with Crippen LogP contribution >= 0.6 is 0 Å². The summed E-state index contributed by atoms with van der Waals surface area (Å²) in [5, 5.41) is 0. The van der Waals surface area contributed by atoms with Gasteiger partial charge in [0.15, 0.2) is 0 Å². The van der Waals surface area contributed by atoms with Gasteiger partial charge in [0.05, 0.1) is 12.0 Å². The third kappa shape index (κ3) is 0.598. The number of cyclic esters (lactones) is 1. The lowest BCUT2D eigenvalue weighted by Crippen LogP contribution is -2.30. The molecule has 1 saturated heterocycles. The van der Waals surface area contributed by atoms with Gasteiger partial charge in [0.2, 0.25) is 0 Å². The summed E-state index contributed by atoms with van der Waals surface area (Å²) in [4.78, 5) is 11.5. The second-order valence-electron chi connectivity index (χ2n) is 4.23. The van der Waals surface area contributed by atoms with E-state index in [4.69, 9.17) is 4.74 Å². The summed E-state index contributed by atoms with van der Waals surface area (Å²) in [6, 6.07) is 0. The number of allylic oxidation sites excluding steroid dienone is 2.